The summed E-state index contributed by atoms with van der Waals surface area (Å²) in [5.74, 6) is 0.151. The molecule has 3 aromatic rings. The van der Waals surface area contributed by atoms with Crippen molar-refractivity contribution in [3.63, 3.8) is 0 Å². The van der Waals surface area contributed by atoms with E-state index in [4.69, 9.17) is 11.6 Å². The Balaban J connectivity index is 1.54. The number of hydrogen-bond acceptors (Lipinski definition) is 3. The van der Waals surface area contributed by atoms with E-state index in [1.54, 1.807) is 30.3 Å². The van der Waals surface area contributed by atoms with Crippen LogP contribution < -0.4 is 10.6 Å². The summed E-state index contributed by atoms with van der Waals surface area (Å²) >= 11 is 6.08. The van der Waals surface area contributed by atoms with E-state index >= 15 is 0 Å². The van der Waals surface area contributed by atoms with Crippen LogP contribution in [0.2, 0.25) is 5.02 Å². The molecule has 1 amide bonds. The first-order valence-corrected chi connectivity index (χ1v) is 8.45. The average Bonchev–Trinajstić information content (AvgIpc) is 2.67. The number of pyridine rings is 1. The van der Waals surface area contributed by atoms with Gasteiger partial charge < -0.3 is 10.6 Å². The van der Waals surface area contributed by atoms with Crippen LogP contribution in [0, 0.1) is 5.82 Å². The van der Waals surface area contributed by atoms with Crippen LogP contribution in [0.1, 0.15) is 21.5 Å². The van der Waals surface area contributed by atoms with Crippen molar-refractivity contribution in [2.75, 3.05) is 5.32 Å². The monoisotopic (exact) mass is 369 g/mol. The lowest BCUT2D eigenvalue weighted by Gasteiger charge is -2.08. The predicted octanol–water partition coefficient (Wildman–Crippen LogP) is 4.42. The minimum Gasteiger partial charge on any atom is -0.366 e. The number of nitrogens with one attached hydrogen (secondary N) is 2. The second kappa shape index (κ2) is 8.45. The highest BCUT2D eigenvalue weighted by atomic mass is 35.5. The maximum atomic E-state index is 12.9. The van der Waals surface area contributed by atoms with Gasteiger partial charge in [0.05, 0.1) is 5.56 Å². The number of nitrogens with zero attached hydrogens (tertiary/aromatic N) is 1. The molecule has 1 heterocycles. The molecule has 0 saturated carbocycles. The van der Waals surface area contributed by atoms with E-state index in [1.165, 1.54) is 18.3 Å². The normalized spacial score (nSPS) is 10.4. The topological polar surface area (TPSA) is 54.0 Å². The number of rotatable bonds is 6. The van der Waals surface area contributed by atoms with E-state index in [0.29, 0.717) is 29.5 Å². The van der Waals surface area contributed by atoms with Gasteiger partial charge >= 0.3 is 0 Å². The first kappa shape index (κ1) is 17.9. The summed E-state index contributed by atoms with van der Waals surface area (Å²) in [5, 5.41) is 6.57. The predicted molar refractivity (Wildman–Crippen MR) is 101 cm³/mol. The zero-order valence-corrected chi connectivity index (χ0v) is 14.6. The molecular formula is C20H17ClFN3O. The zero-order chi connectivity index (χ0) is 18.4. The summed E-state index contributed by atoms with van der Waals surface area (Å²) in [6.45, 7) is 0.869. The number of carbonyl (C=O) groups excluding carboxylic acids is 1. The van der Waals surface area contributed by atoms with Crippen molar-refractivity contribution >= 4 is 23.3 Å². The van der Waals surface area contributed by atoms with Crippen molar-refractivity contribution in [2.24, 2.45) is 0 Å². The highest BCUT2D eigenvalue weighted by molar-refractivity contribution is 6.31. The lowest BCUT2D eigenvalue weighted by Crippen LogP contribution is -2.23. The Kier molecular flexibility index (Phi) is 5.81. The fourth-order valence-electron chi connectivity index (χ4n) is 2.35. The summed E-state index contributed by atoms with van der Waals surface area (Å²) < 4.78 is 12.9. The molecule has 0 fully saturated rings. The molecule has 0 aliphatic rings. The Labute approximate surface area is 156 Å². The molecule has 0 unspecified atom stereocenters. The number of anilines is 1. The lowest BCUT2D eigenvalue weighted by molar-refractivity contribution is 0.0950. The Morgan fingerprint density at radius 1 is 1.00 bits per heavy atom. The van der Waals surface area contributed by atoms with E-state index in [2.05, 4.69) is 15.6 Å². The van der Waals surface area contributed by atoms with Crippen LogP contribution in [0.3, 0.4) is 0 Å². The van der Waals surface area contributed by atoms with Gasteiger partial charge in [0.1, 0.15) is 11.6 Å². The molecule has 0 saturated heterocycles. The third kappa shape index (κ3) is 4.80. The molecule has 0 spiro atoms. The summed E-state index contributed by atoms with van der Waals surface area (Å²) in [6.07, 6.45) is 1.51. The van der Waals surface area contributed by atoms with Gasteiger partial charge in [-0.15, -0.1) is 0 Å². The average molecular weight is 370 g/mol. The van der Waals surface area contributed by atoms with Gasteiger partial charge in [0, 0.05) is 24.3 Å². The Morgan fingerprint density at radius 3 is 2.46 bits per heavy atom. The second-order valence-corrected chi connectivity index (χ2v) is 6.09. The largest absolute Gasteiger partial charge is 0.366 e. The molecule has 1 aromatic heterocycles. The summed E-state index contributed by atoms with van der Waals surface area (Å²) in [7, 11) is 0. The minimum absolute atomic E-state index is 0.220. The van der Waals surface area contributed by atoms with Crippen LogP contribution in [0.4, 0.5) is 10.2 Å². The lowest BCUT2D eigenvalue weighted by atomic mass is 10.2. The van der Waals surface area contributed by atoms with Gasteiger partial charge in [0.15, 0.2) is 0 Å². The highest BCUT2D eigenvalue weighted by Crippen LogP contribution is 2.15. The molecule has 0 aliphatic heterocycles. The second-order valence-electron chi connectivity index (χ2n) is 5.69. The van der Waals surface area contributed by atoms with Crippen LogP contribution in [-0.2, 0) is 13.1 Å². The summed E-state index contributed by atoms with van der Waals surface area (Å²) in [4.78, 5) is 16.4. The van der Waals surface area contributed by atoms with E-state index in [9.17, 15) is 9.18 Å². The molecule has 26 heavy (non-hydrogen) atoms. The first-order chi connectivity index (χ1) is 12.6. The SMILES string of the molecule is O=C(NCc1ccccc1Cl)c1ccc(NCc2ccc(F)cc2)nc1. The molecule has 2 N–H and O–H groups in total. The summed E-state index contributed by atoms with van der Waals surface area (Å²) in [5.41, 5.74) is 2.26. The van der Waals surface area contributed by atoms with E-state index in [0.717, 1.165) is 11.1 Å². The van der Waals surface area contributed by atoms with Crippen LogP contribution in [0.15, 0.2) is 66.9 Å². The molecule has 0 bridgehead atoms. The maximum Gasteiger partial charge on any atom is 0.253 e. The molecule has 2 aromatic carbocycles. The standard InChI is InChI=1S/C20H17ClFN3O/c21-18-4-2-1-3-15(18)12-25-20(26)16-7-10-19(24-13-16)23-11-14-5-8-17(22)9-6-14/h1-10,13H,11-12H2,(H,23,24)(H,25,26). The van der Waals surface area contributed by atoms with E-state index < -0.39 is 0 Å². The van der Waals surface area contributed by atoms with Crippen molar-refractivity contribution in [2.45, 2.75) is 13.1 Å². The highest BCUT2D eigenvalue weighted by Gasteiger charge is 2.07. The molecular weight excluding hydrogens is 353 g/mol. The molecule has 0 aliphatic carbocycles. The fourth-order valence-corrected chi connectivity index (χ4v) is 2.55. The van der Waals surface area contributed by atoms with Gasteiger partial charge in [-0.2, -0.15) is 0 Å². The van der Waals surface area contributed by atoms with Gasteiger partial charge in [0.2, 0.25) is 0 Å². The van der Waals surface area contributed by atoms with Crippen molar-refractivity contribution in [3.8, 4) is 0 Å². The smallest absolute Gasteiger partial charge is 0.253 e. The van der Waals surface area contributed by atoms with Gasteiger partial charge in [-0.3, -0.25) is 4.79 Å². The van der Waals surface area contributed by atoms with Gasteiger partial charge in [-0.05, 0) is 41.5 Å². The molecule has 0 atom stereocenters. The molecule has 4 nitrogen and oxygen atoms in total. The molecule has 0 radical (unpaired) electrons. The molecule has 3 rings (SSSR count). The van der Waals surface area contributed by atoms with Gasteiger partial charge in [-0.1, -0.05) is 41.9 Å². The number of hydrogen-bond donors (Lipinski definition) is 2. The Morgan fingerprint density at radius 2 is 1.77 bits per heavy atom. The van der Waals surface area contributed by atoms with Crippen LogP contribution in [-0.4, -0.2) is 10.9 Å². The van der Waals surface area contributed by atoms with Crippen molar-refractivity contribution in [3.05, 3.63) is 94.4 Å². The quantitative estimate of drug-likeness (QED) is 0.676. The summed E-state index contributed by atoms with van der Waals surface area (Å²) in [6, 6.07) is 17.0. The van der Waals surface area contributed by atoms with Crippen molar-refractivity contribution in [1.29, 1.82) is 0 Å². The maximum absolute atomic E-state index is 12.9. The Bertz CT molecular complexity index is 882. The van der Waals surface area contributed by atoms with Crippen LogP contribution in [0.25, 0.3) is 0 Å². The minimum atomic E-state index is -0.265. The number of amides is 1. The van der Waals surface area contributed by atoms with Crippen LogP contribution in [0.5, 0.6) is 0 Å². The zero-order valence-electron chi connectivity index (χ0n) is 13.9. The van der Waals surface area contributed by atoms with Gasteiger partial charge in [0.25, 0.3) is 5.91 Å². The number of aromatic nitrogens is 1. The number of carbonyl (C=O) groups is 1. The third-order valence-corrected chi connectivity index (χ3v) is 4.18. The van der Waals surface area contributed by atoms with E-state index in [-0.39, 0.29) is 11.7 Å². The van der Waals surface area contributed by atoms with Gasteiger partial charge in [-0.25, -0.2) is 9.37 Å². The first-order valence-electron chi connectivity index (χ1n) is 8.08. The molecule has 6 heteroatoms. The van der Waals surface area contributed by atoms with Crippen molar-refractivity contribution in [1.82, 2.24) is 10.3 Å². The Hall–Kier alpha value is -2.92. The van der Waals surface area contributed by atoms with Crippen LogP contribution >= 0.6 is 11.6 Å². The van der Waals surface area contributed by atoms with E-state index in [1.807, 2.05) is 18.2 Å². The number of halogens is 2. The van der Waals surface area contributed by atoms with Crippen molar-refractivity contribution < 1.29 is 9.18 Å². The fraction of sp³-hybridized carbons (Fsp3) is 0.100. The third-order valence-electron chi connectivity index (χ3n) is 3.81. The molecule has 132 valence electrons. The number of benzene rings is 2.